The van der Waals surface area contributed by atoms with Crippen molar-refractivity contribution in [1.82, 2.24) is 15.0 Å². The van der Waals surface area contributed by atoms with Gasteiger partial charge in [0.1, 0.15) is 0 Å². The summed E-state index contributed by atoms with van der Waals surface area (Å²) in [6, 6.07) is 15.6. The summed E-state index contributed by atoms with van der Waals surface area (Å²) < 4.78 is 2.63. The average Bonchev–Trinajstić information content (AvgIpc) is 3.36. The van der Waals surface area contributed by atoms with Crippen LogP contribution in [0.2, 0.25) is 0 Å². The minimum Gasteiger partial charge on any atom is -0.319 e. The van der Waals surface area contributed by atoms with Crippen LogP contribution in [0, 0.1) is 6.92 Å². The Balaban J connectivity index is 1.69. The van der Waals surface area contributed by atoms with Crippen molar-refractivity contribution in [2.75, 3.05) is 5.32 Å². The molecule has 4 rings (SSSR count). The maximum absolute atomic E-state index is 12.8. The van der Waals surface area contributed by atoms with Gasteiger partial charge in [0.15, 0.2) is 5.69 Å². The maximum Gasteiger partial charge on any atom is 0.278 e. The van der Waals surface area contributed by atoms with Gasteiger partial charge >= 0.3 is 0 Å². The van der Waals surface area contributed by atoms with Gasteiger partial charge in [-0.25, -0.2) is 4.68 Å². The first-order chi connectivity index (χ1) is 12.1. The molecule has 1 saturated carbocycles. The highest BCUT2D eigenvalue weighted by molar-refractivity contribution is 9.10. The van der Waals surface area contributed by atoms with Crippen molar-refractivity contribution in [3.8, 4) is 5.69 Å². The van der Waals surface area contributed by atoms with Gasteiger partial charge in [-0.3, -0.25) is 4.79 Å². The second kappa shape index (κ2) is 6.44. The van der Waals surface area contributed by atoms with E-state index in [-0.39, 0.29) is 5.91 Å². The molecule has 6 heteroatoms. The van der Waals surface area contributed by atoms with Crippen LogP contribution in [0.25, 0.3) is 5.69 Å². The quantitative estimate of drug-likeness (QED) is 0.707. The van der Waals surface area contributed by atoms with Gasteiger partial charge in [-0.15, -0.1) is 5.10 Å². The minimum absolute atomic E-state index is 0.229. The molecule has 1 amide bonds. The first-order valence-electron chi connectivity index (χ1n) is 8.22. The summed E-state index contributed by atoms with van der Waals surface area (Å²) in [5.74, 6) is 0.114. The molecule has 5 nitrogen and oxygen atoms in total. The third-order valence-corrected chi connectivity index (χ3v) is 4.98. The summed E-state index contributed by atoms with van der Waals surface area (Å²) in [5.41, 5.74) is 4.13. The summed E-state index contributed by atoms with van der Waals surface area (Å²) in [4.78, 5) is 12.8. The van der Waals surface area contributed by atoms with E-state index in [9.17, 15) is 4.79 Å². The summed E-state index contributed by atoms with van der Waals surface area (Å²) in [7, 11) is 0. The van der Waals surface area contributed by atoms with E-state index in [1.165, 1.54) is 5.56 Å². The summed E-state index contributed by atoms with van der Waals surface area (Å²) in [5, 5.41) is 11.4. The van der Waals surface area contributed by atoms with Crippen LogP contribution in [-0.2, 0) is 0 Å². The van der Waals surface area contributed by atoms with Gasteiger partial charge in [-0.05, 0) is 60.0 Å². The first-order valence-corrected chi connectivity index (χ1v) is 9.01. The minimum atomic E-state index is -0.229. The molecule has 1 N–H and O–H groups in total. The number of nitrogens with one attached hydrogen (secondary N) is 1. The predicted molar refractivity (Wildman–Crippen MR) is 100 cm³/mol. The molecule has 126 valence electrons. The van der Waals surface area contributed by atoms with E-state index in [1.54, 1.807) is 4.68 Å². The molecule has 1 aromatic heterocycles. The van der Waals surface area contributed by atoms with Gasteiger partial charge in [0.2, 0.25) is 0 Å². The molecule has 0 bridgehead atoms. The standard InChI is InChI=1S/C19H17BrN4O/c1-12-6-10-14(11-7-12)24-18(13-8-9-13)17(22-23-24)19(25)21-16-5-3-2-4-15(16)20/h2-7,10-11,13H,8-9H2,1H3,(H,21,25). The number of rotatable bonds is 4. The molecule has 1 aliphatic carbocycles. The van der Waals surface area contributed by atoms with Crippen molar-refractivity contribution in [1.29, 1.82) is 0 Å². The molecule has 0 radical (unpaired) electrons. The maximum atomic E-state index is 12.8. The van der Waals surface area contributed by atoms with E-state index >= 15 is 0 Å². The predicted octanol–water partition coefficient (Wildman–Crippen LogP) is 4.47. The molecule has 0 aliphatic heterocycles. The lowest BCUT2D eigenvalue weighted by molar-refractivity contribution is 0.102. The molecule has 1 aliphatic rings. The molecule has 3 aromatic rings. The number of hydrogen-bond acceptors (Lipinski definition) is 3. The van der Waals surface area contributed by atoms with Crippen LogP contribution in [-0.4, -0.2) is 20.9 Å². The molecular formula is C19H17BrN4O. The number of para-hydroxylation sites is 1. The van der Waals surface area contributed by atoms with Crippen molar-refractivity contribution >= 4 is 27.5 Å². The van der Waals surface area contributed by atoms with Gasteiger partial charge in [0, 0.05) is 10.4 Å². The normalized spacial score (nSPS) is 13.7. The largest absolute Gasteiger partial charge is 0.319 e. The lowest BCUT2D eigenvalue weighted by Crippen LogP contribution is -2.15. The fourth-order valence-electron chi connectivity index (χ4n) is 2.79. The van der Waals surface area contributed by atoms with E-state index in [0.29, 0.717) is 11.6 Å². The highest BCUT2D eigenvalue weighted by Crippen LogP contribution is 2.42. The highest BCUT2D eigenvalue weighted by atomic mass is 79.9. The summed E-state index contributed by atoms with van der Waals surface area (Å²) >= 11 is 3.45. The van der Waals surface area contributed by atoms with E-state index in [2.05, 4.69) is 31.6 Å². The number of benzene rings is 2. The average molecular weight is 397 g/mol. The van der Waals surface area contributed by atoms with Gasteiger partial charge < -0.3 is 5.32 Å². The number of aromatic nitrogens is 3. The number of halogens is 1. The van der Waals surface area contributed by atoms with Crippen molar-refractivity contribution in [2.45, 2.75) is 25.7 Å². The topological polar surface area (TPSA) is 59.8 Å². The van der Waals surface area contributed by atoms with Gasteiger partial charge in [0.25, 0.3) is 5.91 Å². The smallest absolute Gasteiger partial charge is 0.278 e. The van der Waals surface area contributed by atoms with Crippen molar-refractivity contribution in [3.05, 3.63) is 70.0 Å². The number of carbonyl (C=O) groups excluding carboxylic acids is 1. The Morgan fingerprint density at radius 3 is 2.56 bits per heavy atom. The monoisotopic (exact) mass is 396 g/mol. The van der Waals surface area contributed by atoms with Crippen LogP contribution in [0.5, 0.6) is 0 Å². The Kier molecular flexibility index (Phi) is 4.13. The molecule has 0 spiro atoms. The lowest BCUT2D eigenvalue weighted by atomic mass is 10.2. The van der Waals surface area contributed by atoms with Crippen molar-refractivity contribution < 1.29 is 4.79 Å². The fraction of sp³-hybridized carbons (Fsp3) is 0.211. The third-order valence-electron chi connectivity index (χ3n) is 4.28. The number of carbonyl (C=O) groups is 1. The molecule has 0 unspecified atom stereocenters. The van der Waals surface area contributed by atoms with E-state index < -0.39 is 0 Å². The summed E-state index contributed by atoms with van der Waals surface area (Å²) in [6.07, 6.45) is 2.13. The van der Waals surface area contributed by atoms with E-state index in [4.69, 9.17) is 0 Å². The lowest BCUT2D eigenvalue weighted by Gasteiger charge is -2.09. The summed E-state index contributed by atoms with van der Waals surface area (Å²) in [6.45, 7) is 2.05. The third kappa shape index (κ3) is 3.22. The molecule has 0 saturated heterocycles. The SMILES string of the molecule is Cc1ccc(-n2nnc(C(=O)Nc3ccccc3Br)c2C2CC2)cc1. The molecule has 1 fully saturated rings. The van der Waals surface area contributed by atoms with Crippen LogP contribution in [0.4, 0.5) is 5.69 Å². The fourth-order valence-corrected chi connectivity index (χ4v) is 3.18. The Bertz CT molecular complexity index is 929. The number of amides is 1. The molecule has 2 aromatic carbocycles. The Morgan fingerprint density at radius 1 is 1.16 bits per heavy atom. The number of aryl methyl sites for hydroxylation is 1. The Hall–Kier alpha value is -2.47. The number of anilines is 1. The second-order valence-electron chi connectivity index (χ2n) is 6.28. The second-order valence-corrected chi connectivity index (χ2v) is 7.13. The first kappa shape index (κ1) is 16.0. The van der Waals surface area contributed by atoms with Crippen LogP contribution < -0.4 is 5.32 Å². The molecule has 0 atom stereocenters. The molecular weight excluding hydrogens is 380 g/mol. The van der Waals surface area contributed by atoms with Crippen molar-refractivity contribution in [3.63, 3.8) is 0 Å². The number of nitrogens with zero attached hydrogens (tertiary/aromatic N) is 3. The van der Waals surface area contributed by atoms with E-state index in [0.717, 1.165) is 34.4 Å². The van der Waals surface area contributed by atoms with Gasteiger partial charge in [-0.2, -0.15) is 0 Å². The van der Waals surface area contributed by atoms with Crippen molar-refractivity contribution in [2.24, 2.45) is 0 Å². The molecule has 25 heavy (non-hydrogen) atoms. The van der Waals surface area contributed by atoms with Crippen LogP contribution in [0.15, 0.2) is 53.0 Å². The van der Waals surface area contributed by atoms with Crippen LogP contribution >= 0.6 is 15.9 Å². The zero-order valence-corrected chi connectivity index (χ0v) is 15.3. The zero-order valence-electron chi connectivity index (χ0n) is 13.7. The zero-order chi connectivity index (χ0) is 17.4. The van der Waals surface area contributed by atoms with Gasteiger partial charge in [0.05, 0.1) is 17.1 Å². The highest BCUT2D eigenvalue weighted by Gasteiger charge is 2.34. The Morgan fingerprint density at radius 2 is 1.88 bits per heavy atom. The Labute approximate surface area is 154 Å². The molecule has 1 heterocycles. The van der Waals surface area contributed by atoms with Gasteiger partial charge in [-0.1, -0.05) is 35.0 Å². The number of hydrogen-bond donors (Lipinski definition) is 1. The van der Waals surface area contributed by atoms with Crippen LogP contribution in [0.1, 0.15) is 40.5 Å². The van der Waals surface area contributed by atoms with Crippen LogP contribution in [0.3, 0.4) is 0 Å². The van der Waals surface area contributed by atoms with E-state index in [1.807, 2.05) is 55.5 Å².